The summed E-state index contributed by atoms with van der Waals surface area (Å²) in [7, 11) is 0. The van der Waals surface area contributed by atoms with E-state index in [4.69, 9.17) is 4.74 Å². The van der Waals surface area contributed by atoms with Gasteiger partial charge < -0.3 is 4.74 Å². The molecule has 1 saturated carbocycles. The molecule has 2 aromatic rings. The second kappa shape index (κ2) is 5.91. The highest BCUT2D eigenvalue weighted by Gasteiger charge is 2.39. The maximum atomic E-state index is 11.8. The summed E-state index contributed by atoms with van der Waals surface area (Å²) in [5.41, 5.74) is 2.38. The van der Waals surface area contributed by atoms with E-state index < -0.39 is 0 Å². The highest BCUT2D eigenvalue weighted by atomic mass is 16.5. The Labute approximate surface area is 119 Å². The molecule has 1 aliphatic rings. The van der Waals surface area contributed by atoms with Gasteiger partial charge in [0.1, 0.15) is 6.61 Å². The molecular weight excluding hydrogens is 248 g/mol. The van der Waals surface area contributed by atoms with Gasteiger partial charge in [-0.15, -0.1) is 0 Å². The number of hydrogen-bond acceptors (Lipinski definition) is 2. The van der Waals surface area contributed by atoms with Crippen LogP contribution < -0.4 is 0 Å². The normalized spacial score (nSPS) is 20.4. The van der Waals surface area contributed by atoms with E-state index in [0.717, 1.165) is 12.0 Å². The summed E-state index contributed by atoms with van der Waals surface area (Å²) in [5.74, 6) is 0.915. The molecule has 0 amide bonds. The van der Waals surface area contributed by atoms with Crippen molar-refractivity contribution in [1.29, 1.82) is 0 Å². The van der Waals surface area contributed by atoms with Crippen LogP contribution in [0.25, 0.3) is 0 Å². The van der Waals surface area contributed by atoms with Crippen LogP contribution in [0.1, 0.15) is 29.9 Å². The Hall–Kier alpha value is -2.09. The van der Waals surface area contributed by atoms with Gasteiger partial charge in [0.15, 0.2) is 0 Å². The van der Waals surface area contributed by atoms with Crippen molar-refractivity contribution in [3.8, 4) is 0 Å². The fourth-order valence-electron chi connectivity index (χ4n) is 2.59. The molecule has 0 aliphatic heterocycles. The molecule has 20 heavy (non-hydrogen) atoms. The molecule has 0 spiro atoms. The molecule has 2 aromatic carbocycles. The Bertz CT molecular complexity index is 562. The number of rotatable bonds is 5. The van der Waals surface area contributed by atoms with Crippen molar-refractivity contribution in [1.82, 2.24) is 0 Å². The molecule has 0 unspecified atom stereocenters. The van der Waals surface area contributed by atoms with Gasteiger partial charge in [-0.25, -0.2) is 0 Å². The maximum absolute atomic E-state index is 11.8. The minimum Gasteiger partial charge on any atom is -0.461 e. The Morgan fingerprint density at radius 1 is 1.00 bits per heavy atom. The van der Waals surface area contributed by atoms with Crippen LogP contribution in [0.4, 0.5) is 0 Å². The Kier molecular flexibility index (Phi) is 3.82. The largest absolute Gasteiger partial charge is 0.461 e. The lowest BCUT2D eigenvalue weighted by Gasteiger charge is -2.04. The second-order valence-electron chi connectivity index (χ2n) is 5.36. The first kappa shape index (κ1) is 12.9. The first-order valence-electron chi connectivity index (χ1n) is 7.07. The molecule has 2 atom stereocenters. The quantitative estimate of drug-likeness (QED) is 0.767. The van der Waals surface area contributed by atoms with Gasteiger partial charge >= 0.3 is 5.97 Å². The van der Waals surface area contributed by atoms with E-state index in [1.165, 1.54) is 5.56 Å². The zero-order valence-electron chi connectivity index (χ0n) is 11.4. The van der Waals surface area contributed by atoms with E-state index in [0.29, 0.717) is 24.9 Å². The highest BCUT2D eigenvalue weighted by molar-refractivity contribution is 5.70. The third kappa shape index (κ3) is 3.27. The van der Waals surface area contributed by atoms with E-state index in [2.05, 4.69) is 24.3 Å². The van der Waals surface area contributed by atoms with Gasteiger partial charge in [0.05, 0.1) is 0 Å². The summed E-state index contributed by atoms with van der Waals surface area (Å²) in [5, 5.41) is 0. The fraction of sp³-hybridized carbons (Fsp3) is 0.278. The average molecular weight is 266 g/mol. The molecule has 0 saturated heterocycles. The smallest absolute Gasteiger partial charge is 0.306 e. The van der Waals surface area contributed by atoms with Crippen molar-refractivity contribution in [2.45, 2.75) is 25.4 Å². The van der Waals surface area contributed by atoms with Crippen LogP contribution in [-0.4, -0.2) is 5.97 Å². The molecular formula is C18H18O2. The summed E-state index contributed by atoms with van der Waals surface area (Å²) in [4.78, 5) is 11.8. The lowest BCUT2D eigenvalue weighted by atomic mass is 10.1. The molecule has 0 bridgehead atoms. The van der Waals surface area contributed by atoms with Crippen LogP contribution in [0, 0.1) is 5.92 Å². The summed E-state index contributed by atoms with van der Waals surface area (Å²) in [6.07, 6.45) is 1.64. The SMILES string of the molecule is O=C(C[C@H]1C[C@@H]1c1ccccc1)OCc1ccccc1. The Balaban J connectivity index is 1.45. The van der Waals surface area contributed by atoms with E-state index >= 15 is 0 Å². The van der Waals surface area contributed by atoms with Crippen LogP contribution in [0.15, 0.2) is 60.7 Å². The molecule has 0 radical (unpaired) electrons. The average Bonchev–Trinajstić information content (AvgIpc) is 3.26. The first-order valence-corrected chi connectivity index (χ1v) is 7.07. The number of carbonyl (C=O) groups is 1. The van der Waals surface area contributed by atoms with Crippen LogP contribution in [0.2, 0.25) is 0 Å². The van der Waals surface area contributed by atoms with Crippen LogP contribution in [-0.2, 0) is 16.1 Å². The third-order valence-electron chi connectivity index (χ3n) is 3.82. The number of carbonyl (C=O) groups excluding carboxylic acids is 1. The van der Waals surface area contributed by atoms with Crippen LogP contribution >= 0.6 is 0 Å². The van der Waals surface area contributed by atoms with Gasteiger partial charge in [-0.1, -0.05) is 60.7 Å². The molecule has 2 heteroatoms. The fourth-order valence-corrected chi connectivity index (χ4v) is 2.59. The van der Waals surface area contributed by atoms with Crippen molar-refractivity contribution in [2.24, 2.45) is 5.92 Å². The predicted octanol–water partition coefficient (Wildman–Crippen LogP) is 3.92. The topological polar surface area (TPSA) is 26.3 Å². The number of ether oxygens (including phenoxy) is 1. The molecule has 1 fully saturated rings. The zero-order valence-corrected chi connectivity index (χ0v) is 11.4. The zero-order chi connectivity index (χ0) is 13.8. The summed E-state index contributed by atoms with van der Waals surface area (Å²) < 4.78 is 5.32. The van der Waals surface area contributed by atoms with E-state index in [1.54, 1.807) is 0 Å². The third-order valence-corrected chi connectivity index (χ3v) is 3.82. The van der Waals surface area contributed by atoms with Gasteiger partial charge in [-0.05, 0) is 29.4 Å². The molecule has 102 valence electrons. The van der Waals surface area contributed by atoms with Crippen molar-refractivity contribution in [2.75, 3.05) is 0 Å². The lowest BCUT2D eigenvalue weighted by Crippen LogP contribution is -2.05. The van der Waals surface area contributed by atoms with E-state index in [-0.39, 0.29) is 5.97 Å². The van der Waals surface area contributed by atoms with E-state index in [9.17, 15) is 4.79 Å². The molecule has 1 aliphatic carbocycles. The van der Waals surface area contributed by atoms with Crippen molar-refractivity contribution < 1.29 is 9.53 Å². The monoisotopic (exact) mass is 266 g/mol. The minimum absolute atomic E-state index is 0.0858. The van der Waals surface area contributed by atoms with Crippen molar-refractivity contribution in [3.05, 3.63) is 71.8 Å². The van der Waals surface area contributed by atoms with Gasteiger partial charge in [-0.2, -0.15) is 0 Å². The lowest BCUT2D eigenvalue weighted by molar-refractivity contribution is -0.145. The highest BCUT2D eigenvalue weighted by Crippen LogP contribution is 2.49. The molecule has 0 aromatic heterocycles. The summed E-state index contributed by atoms with van der Waals surface area (Å²) >= 11 is 0. The van der Waals surface area contributed by atoms with Gasteiger partial charge in [0.2, 0.25) is 0 Å². The summed E-state index contributed by atoms with van der Waals surface area (Å²) in [6, 6.07) is 20.2. The standard InChI is InChI=1S/C18H18O2/c19-18(20-13-14-7-3-1-4-8-14)12-16-11-17(16)15-9-5-2-6-10-15/h1-10,16-17H,11-13H2/t16-,17-/m1/s1. The first-order chi connectivity index (χ1) is 9.83. The van der Waals surface area contributed by atoms with Crippen molar-refractivity contribution in [3.63, 3.8) is 0 Å². The van der Waals surface area contributed by atoms with Gasteiger partial charge in [-0.3, -0.25) is 4.79 Å². The predicted molar refractivity (Wildman–Crippen MR) is 78.1 cm³/mol. The Morgan fingerprint density at radius 3 is 2.35 bits per heavy atom. The van der Waals surface area contributed by atoms with Crippen molar-refractivity contribution >= 4 is 5.97 Å². The van der Waals surface area contributed by atoms with E-state index in [1.807, 2.05) is 36.4 Å². The van der Waals surface area contributed by atoms with Gasteiger partial charge in [0.25, 0.3) is 0 Å². The van der Waals surface area contributed by atoms with Gasteiger partial charge in [0, 0.05) is 6.42 Å². The molecule has 3 rings (SSSR count). The van der Waals surface area contributed by atoms with Crippen LogP contribution in [0.3, 0.4) is 0 Å². The minimum atomic E-state index is -0.0858. The molecule has 0 heterocycles. The maximum Gasteiger partial charge on any atom is 0.306 e. The number of benzene rings is 2. The second-order valence-corrected chi connectivity index (χ2v) is 5.36. The van der Waals surface area contributed by atoms with Crippen LogP contribution in [0.5, 0.6) is 0 Å². The molecule has 2 nitrogen and oxygen atoms in total. The Morgan fingerprint density at radius 2 is 1.65 bits per heavy atom. The molecule has 0 N–H and O–H groups in total. The number of esters is 1. The summed E-state index contributed by atoms with van der Waals surface area (Å²) in [6.45, 7) is 0.377. The number of hydrogen-bond donors (Lipinski definition) is 0.